The average Bonchev–Trinajstić information content (AvgIpc) is 2.60. The smallest absolute Gasteiger partial charge is 0.191 e. The number of benzene rings is 2. The van der Waals surface area contributed by atoms with Gasteiger partial charge in [0.1, 0.15) is 16.1 Å². The Balaban J connectivity index is 2.67. The minimum absolute atomic E-state index is 0.345. The van der Waals surface area contributed by atoms with Gasteiger partial charge in [0.05, 0.1) is 18.3 Å². The fourth-order valence-corrected chi connectivity index (χ4v) is 3.38. The van der Waals surface area contributed by atoms with Gasteiger partial charge in [-0.15, -0.1) is 0 Å². The van der Waals surface area contributed by atoms with Crippen LogP contribution in [-0.4, -0.2) is 27.7 Å². The Hall–Kier alpha value is -1.11. The number of ether oxygens (including phenoxy) is 1. The third-order valence-corrected chi connectivity index (χ3v) is 5.92. The van der Waals surface area contributed by atoms with Gasteiger partial charge < -0.3 is 9.29 Å². The van der Waals surface area contributed by atoms with E-state index >= 15 is 0 Å². The van der Waals surface area contributed by atoms with Crippen LogP contribution in [0.5, 0.6) is 0 Å². The van der Waals surface area contributed by atoms with Gasteiger partial charge in [-0.05, 0) is 56.8 Å². The molecule has 0 heterocycles. The van der Waals surface area contributed by atoms with Gasteiger partial charge in [0.2, 0.25) is 0 Å². The van der Waals surface area contributed by atoms with Crippen LogP contribution in [0.2, 0.25) is 10.0 Å². The monoisotopic (exact) mass is 427 g/mol. The third kappa shape index (κ3) is 4.78. The SMILES string of the molecule is COC(=S)c1ccccc1-c1c(Cl)ccc(Cl)c1C=N[S+]([O-])C(C)(C)C. The number of methoxy groups -OCH3 is 1. The minimum Gasteiger partial charge on any atom is -0.591 e. The molecule has 0 aliphatic rings. The first-order chi connectivity index (χ1) is 12.2. The van der Waals surface area contributed by atoms with Crippen molar-refractivity contribution in [2.24, 2.45) is 4.40 Å². The summed E-state index contributed by atoms with van der Waals surface area (Å²) in [5, 5.41) is 1.29. The first-order valence-electron chi connectivity index (χ1n) is 7.78. The van der Waals surface area contributed by atoms with E-state index in [4.69, 9.17) is 40.2 Å². The molecule has 1 atom stereocenters. The van der Waals surface area contributed by atoms with E-state index in [0.717, 1.165) is 11.1 Å². The Morgan fingerprint density at radius 3 is 2.38 bits per heavy atom. The normalized spacial score (nSPS) is 13.0. The standard InChI is InChI=1S/C19H19Cl2NO2S2/c1-19(2,3)26(23)22-11-14-15(20)9-10-16(21)17(14)12-7-5-6-8-13(12)18(25)24-4/h5-11H,1-4H3. The van der Waals surface area contributed by atoms with Gasteiger partial charge >= 0.3 is 0 Å². The highest BCUT2D eigenvalue weighted by Gasteiger charge is 2.26. The summed E-state index contributed by atoms with van der Waals surface area (Å²) in [6.45, 7) is 5.56. The molecule has 1 unspecified atom stereocenters. The van der Waals surface area contributed by atoms with E-state index in [1.54, 1.807) is 12.1 Å². The Morgan fingerprint density at radius 2 is 1.77 bits per heavy atom. The number of hydrogen-bond donors (Lipinski definition) is 0. The predicted molar refractivity (Wildman–Crippen MR) is 116 cm³/mol. The van der Waals surface area contributed by atoms with Crippen molar-refractivity contribution in [3.8, 4) is 11.1 Å². The van der Waals surface area contributed by atoms with Crippen LogP contribution in [0.25, 0.3) is 11.1 Å². The molecular formula is C19H19Cl2NO2S2. The summed E-state index contributed by atoms with van der Waals surface area (Å²) in [5.74, 6) is 0. The molecule has 0 N–H and O–H groups in total. The maximum Gasteiger partial charge on any atom is 0.191 e. The molecule has 26 heavy (non-hydrogen) atoms. The van der Waals surface area contributed by atoms with Crippen LogP contribution in [0.4, 0.5) is 0 Å². The van der Waals surface area contributed by atoms with Crippen LogP contribution in [-0.2, 0) is 16.1 Å². The molecule has 138 valence electrons. The van der Waals surface area contributed by atoms with Gasteiger partial charge in [0.25, 0.3) is 0 Å². The van der Waals surface area contributed by atoms with Crippen LogP contribution in [0, 0.1) is 0 Å². The number of halogens is 2. The minimum atomic E-state index is -1.42. The van der Waals surface area contributed by atoms with Gasteiger partial charge in [0, 0.05) is 21.7 Å². The van der Waals surface area contributed by atoms with Crippen LogP contribution in [0.15, 0.2) is 40.8 Å². The molecule has 0 aromatic heterocycles. The summed E-state index contributed by atoms with van der Waals surface area (Å²) in [5.41, 5.74) is 2.75. The summed E-state index contributed by atoms with van der Waals surface area (Å²) in [6.07, 6.45) is 1.51. The van der Waals surface area contributed by atoms with Crippen molar-refractivity contribution in [1.29, 1.82) is 0 Å². The Bertz CT molecular complexity index is 848. The Labute approximate surface area is 172 Å². The van der Waals surface area contributed by atoms with Crippen molar-refractivity contribution in [1.82, 2.24) is 0 Å². The molecule has 0 bridgehead atoms. The Kier molecular flexibility index (Phi) is 7.11. The van der Waals surface area contributed by atoms with Crippen molar-refractivity contribution < 1.29 is 9.29 Å². The highest BCUT2D eigenvalue weighted by molar-refractivity contribution is 7.91. The molecule has 0 fully saturated rings. The molecule has 0 aliphatic heterocycles. The molecule has 0 spiro atoms. The second kappa shape index (κ2) is 8.72. The first kappa shape index (κ1) is 21.2. The van der Waals surface area contributed by atoms with Crippen molar-refractivity contribution in [2.45, 2.75) is 25.5 Å². The van der Waals surface area contributed by atoms with Gasteiger partial charge in [0.15, 0.2) is 5.05 Å². The van der Waals surface area contributed by atoms with Crippen molar-refractivity contribution in [3.05, 3.63) is 57.6 Å². The quantitative estimate of drug-likeness (QED) is 0.348. The molecule has 2 aromatic carbocycles. The molecular weight excluding hydrogens is 409 g/mol. The number of hydrogen-bond acceptors (Lipinski definition) is 4. The Morgan fingerprint density at radius 1 is 1.15 bits per heavy atom. The topological polar surface area (TPSA) is 44.6 Å². The lowest BCUT2D eigenvalue weighted by atomic mass is 9.96. The highest BCUT2D eigenvalue weighted by atomic mass is 35.5. The lowest BCUT2D eigenvalue weighted by Gasteiger charge is -2.18. The summed E-state index contributed by atoms with van der Waals surface area (Å²) < 4.78 is 21.2. The van der Waals surface area contributed by atoms with E-state index in [9.17, 15) is 4.55 Å². The van der Waals surface area contributed by atoms with Crippen molar-refractivity contribution in [2.75, 3.05) is 7.11 Å². The molecule has 2 aromatic rings. The maximum absolute atomic E-state index is 12.3. The van der Waals surface area contributed by atoms with Crippen molar-refractivity contribution >= 4 is 58.0 Å². The first-order valence-corrected chi connectivity index (χ1v) is 10.1. The second-order valence-corrected chi connectivity index (χ2v) is 9.57. The summed E-state index contributed by atoms with van der Waals surface area (Å²) in [7, 11) is 1.52. The molecule has 0 saturated heterocycles. The molecule has 7 heteroatoms. The molecule has 2 rings (SSSR count). The molecule has 0 radical (unpaired) electrons. The van der Waals surface area contributed by atoms with E-state index in [1.807, 2.05) is 45.0 Å². The zero-order chi connectivity index (χ0) is 19.5. The zero-order valence-corrected chi connectivity index (χ0v) is 18.0. The fourth-order valence-electron chi connectivity index (χ4n) is 2.22. The zero-order valence-electron chi connectivity index (χ0n) is 14.9. The lowest BCUT2D eigenvalue weighted by Crippen LogP contribution is -2.25. The van der Waals surface area contributed by atoms with Gasteiger partial charge in [-0.2, -0.15) is 0 Å². The van der Waals surface area contributed by atoms with Gasteiger partial charge in [-0.25, -0.2) is 0 Å². The molecule has 0 amide bonds. The molecule has 3 nitrogen and oxygen atoms in total. The summed E-state index contributed by atoms with van der Waals surface area (Å²) >= 11 is 16.8. The number of thiocarbonyl (C=S) groups is 1. The largest absolute Gasteiger partial charge is 0.591 e. The maximum atomic E-state index is 12.3. The molecule has 0 aliphatic carbocycles. The van der Waals surface area contributed by atoms with E-state index in [-0.39, 0.29) is 0 Å². The van der Waals surface area contributed by atoms with E-state index in [1.165, 1.54) is 13.3 Å². The predicted octanol–water partition coefficient (Wildman–Crippen LogP) is 5.86. The third-order valence-electron chi connectivity index (χ3n) is 3.54. The lowest BCUT2D eigenvalue weighted by molar-refractivity contribution is 0.416. The van der Waals surface area contributed by atoms with Crippen LogP contribution >= 0.6 is 35.4 Å². The summed E-state index contributed by atoms with van der Waals surface area (Å²) in [4.78, 5) is 0. The van der Waals surface area contributed by atoms with Crippen LogP contribution < -0.4 is 0 Å². The summed E-state index contributed by atoms with van der Waals surface area (Å²) in [6, 6.07) is 10.9. The highest BCUT2D eigenvalue weighted by Crippen LogP contribution is 2.37. The van der Waals surface area contributed by atoms with Crippen molar-refractivity contribution in [3.63, 3.8) is 0 Å². The van der Waals surface area contributed by atoms with Crippen LogP contribution in [0.1, 0.15) is 31.9 Å². The van der Waals surface area contributed by atoms with E-state index < -0.39 is 16.1 Å². The van der Waals surface area contributed by atoms with Gasteiger partial charge in [-0.3, -0.25) is 0 Å². The number of rotatable bonds is 4. The van der Waals surface area contributed by atoms with E-state index in [2.05, 4.69) is 4.40 Å². The second-order valence-electron chi connectivity index (χ2n) is 6.45. The average molecular weight is 428 g/mol. The number of nitrogens with zero attached hydrogens (tertiary/aromatic N) is 1. The van der Waals surface area contributed by atoms with Crippen LogP contribution in [0.3, 0.4) is 0 Å². The van der Waals surface area contributed by atoms with E-state index in [0.29, 0.717) is 26.2 Å². The van der Waals surface area contributed by atoms with Gasteiger partial charge in [-0.1, -0.05) is 45.8 Å². The molecule has 0 saturated carbocycles. The fraction of sp³-hybridized carbons (Fsp3) is 0.263.